The molecule has 0 bridgehead atoms. The topological polar surface area (TPSA) is 98.1 Å². The van der Waals surface area contributed by atoms with Gasteiger partial charge in [0, 0.05) is 25.2 Å². The minimum Gasteiger partial charge on any atom is -0.482 e. The molecule has 8 nitrogen and oxygen atoms in total. The third-order valence-corrected chi connectivity index (χ3v) is 5.42. The van der Waals surface area contributed by atoms with E-state index >= 15 is 4.39 Å². The van der Waals surface area contributed by atoms with Gasteiger partial charge in [-0.1, -0.05) is 0 Å². The van der Waals surface area contributed by atoms with E-state index < -0.39 is 52.1 Å². The first-order valence-electron chi connectivity index (χ1n) is 10.4. The maximum Gasteiger partial charge on any atom is 0.410 e. The molecule has 2 aromatic rings. The van der Waals surface area contributed by atoms with E-state index in [1.807, 2.05) is 0 Å². The Morgan fingerprint density at radius 1 is 1.19 bits per heavy atom. The second-order valence-corrected chi connectivity index (χ2v) is 9.17. The molecule has 2 fully saturated rings. The molecule has 1 unspecified atom stereocenters. The number of pyridine rings is 1. The quantitative estimate of drug-likeness (QED) is 0.763. The number of ether oxygens (including phenoxy) is 2. The van der Waals surface area contributed by atoms with E-state index in [9.17, 15) is 23.9 Å². The van der Waals surface area contributed by atoms with Crippen molar-refractivity contribution in [2.45, 2.75) is 57.8 Å². The molecule has 1 aliphatic heterocycles. The zero-order chi connectivity index (χ0) is 23.4. The predicted molar refractivity (Wildman–Crippen MR) is 110 cm³/mol. The van der Waals surface area contributed by atoms with Crippen molar-refractivity contribution >= 4 is 23.0 Å². The van der Waals surface area contributed by atoms with Crippen molar-refractivity contribution in [3.8, 4) is 5.75 Å². The van der Waals surface area contributed by atoms with E-state index in [0.29, 0.717) is 25.8 Å². The number of carboxylic acid groups (broad SMARTS) is 1. The summed E-state index contributed by atoms with van der Waals surface area (Å²) in [6, 6.07) is 0.653. The van der Waals surface area contributed by atoms with Crippen LogP contribution in [0.4, 0.5) is 13.6 Å². The third-order valence-electron chi connectivity index (χ3n) is 5.42. The molecular weight excluding hydrogens is 426 g/mol. The Morgan fingerprint density at radius 2 is 1.88 bits per heavy atom. The summed E-state index contributed by atoms with van der Waals surface area (Å²) in [5, 5.41) is 8.96. The molecule has 2 heterocycles. The summed E-state index contributed by atoms with van der Waals surface area (Å²) in [5.41, 5.74) is -2.35. The van der Waals surface area contributed by atoms with Gasteiger partial charge in [0.1, 0.15) is 17.3 Å². The Kier molecular flexibility index (Phi) is 5.34. The van der Waals surface area contributed by atoms with Crippen molar-refractivity contribution in [1.29, 1.82) is 0 Å². The number of aromatic carboxylic acids is 1. The molecule has 1 aromatic heterocycles. The molecule has 2 aliphatic rings. The van der Waals surface area contributed by atoms with Crippen LogP contribution in [-0.2, 0) is 4.74 Å². The Labute approximate surface area is 182 Å². The second-order valence-electron chi connectivity index (χ2n) is 9.17. The number of benzene rings is 1. The molecule has 1 saturated carbocycles. The molecule has 10 heteroatoms. The molecule has 172 valence electrons. The zero-order valence-corrected chi connectivity index (χ0v) is 18.0. The Morgan fingerprint density at radius 3 is 2.47 bits per heavy atom. The largest absolute Gasteiger partial charge is 0.482 e. The van der Waals surface area contributed by atoms with Gasteiger partial charge in [0.2, 0.25) is 5.43 Å². The number of carboxylic acids is 1. The zero-order valence-electron chi connectivity index (χ0n) is 18.0. The number of halogens is 2. The van der Waals surface area contributed by atoms with Crippen LogP contribution in [0.1, 0.15) is 56.4 Å². The van der Waals surface area contributed by atoms with E-state index in [1.54, 1.807) is 20.8 Å². The van der Waals surface area contributed by atoms with Crippen LogP contribution in [0.3, 0.4) is 0 Å². The molecule has 4 rings (SSSR count). The number of rotatable bonds is 4. The summed E-state index contributed by atoms with van der Waals surface area (Å²) in [5.74, 6) is -4.27. The summed E-state index contributed by atoms with van der Waals surface area (Å²) in [6.07, 6.45) is 1.64. The first kappa shape index (κ1) is 22.0. The number of hydrogen-bond acceptors (Lipinski definition) is 5. The van der Waals surface area contributed by atoms with Gasteiger partial charge in [-0.25, -0.2) is 18.4 Å². The number of carbonyl (C=O) groups is 2. The molecule has 1 aliphatic carbocycles. The van der Waals surface area contributed by atoms with Crippen molar-refractivity contribution < 1.29 is 33.0 Å². The number of fused-ring (bicyclic) bond motifs is 1. The second kappa shape index (κ2) is 7.75. The molecule has 1 N–H and O–H groups in total. The minimum atomic E-state index is -1.46. The fourth-order valence-corrected chi connectivity index (χ4v) is 3.81. The smallest absolute Gasteiger partial charge is 0.410 e. The molecule has 1 aromatic carbocycles. The predicted octanol–water partition coefficient (Wildman–Crippen LogP) is 3.70. The average Bonchev–Trinajstić information content (AvgIpc) is 3.41. The van der Waals surface area contributed by atoms with Gasteiger partial charge in [0.25, 0.3) is 0 Å². The maximum atomic E-state index is 15.4. The van der Waals surface area contributed by atoms with Crippen LogP contribution in [0.2, 0.25) is 0 Å². The summed E-state index contributed by atoms with van der Waals surface area (Å²) >= 11 is 0. The monoisotopic (exact) mass is 450 g/mol. The lowest BCUT2D eigenvalue weighted by Crippen LogP contribution is -2.36. The number of nitrogens with zero attached hydrogens (tertiary/aromatic N) is 2. The van der Waals surface area contributed by atoms with Gasteiger partial charge in [0.05, 0.1) is 17.4 Å². The van der Waals surface area contributed by atoms with Gasteiger partial charge in [0.15, 0.2) is 17.4 Å². The SMILES string of the molecule is CC(C)(C)OC(=O)N1CCC(Oc2c(F)cc3c(=O)c(C(=O)O)cn(C4CC4)c3c2F)C1. The highest BCUT2D eigenvalue weighted by Gasteiger charge is 2.34. The Hall–Kier alpha value is -3.17. The molecule has 1 atom stereocenters. The van der Waals surface area contributed by atoms with E-state index in [2.05, 4.69) is 0 Å². The lowest BCUT2D eigenvalue weighted by molar-refractivity contribution is 0.0274. The molecular formula is C22H24F2N2O6. The summed E-state index contributed by atoms with van der Waals surface area (Å²) in [4.78, 5) is 37.6. The van der Waals surface area contributed by atoms with Crippen molar-refractivity contribution in [2.75, 3.05) is 13.1 Å². The van der Waals surface area contributed by atoms with Crippen molar-refractivity contribution in [3.63, 3.8) is 0 Å². The molecule has 0 radical (unpaired) electrons. The summed E-state index contributed by atoms with van der Waals surface area (Å²) in [6.45, 7) is 5.63. The van der Waals surface area contributed by atoms with Crippen LogP contribution in [0.15, 0.2) is 17.1 Å². The van der Waals surface area contributed by atoms with Crippen LogP contribution >= 0.6 is 0 Å². The molecule has 32 heavy (non-hydrogen) atoms. The standard InChI is InChI=1S/C22H24F2N2O6/c1-22(2,3)32-21(30)25-7-6-12(9-25)31-19-15(23)8-13-17(16(19)24)26(11-4-5-11)10-14(18(13)27)20(28)29/h8,10-12H,4-7,9H2,1-3H3,(H,28,29). The summed E-state index contributed by atoms with van der Waals surface area (Å²) < 4.78 is 42.5. The van der Waals surface area contributed by atoms with Crippen LogP contribution in [0, 0.1) is 11.6 Å². The van der Waals surface area contributed by atoms with Crippen LogP contribution in [0.5, 0.6) is 5.75 Å². The van der Waals surface area contributed by atoms with E-state index in [-0.39, 0.29) is 23.5 Å². The van der Waals surface area contributed by atoms with Gasteiger partial charge in [-0.05, 0) is 39.7 Å². The summed E-state index contributed by atoms with van der Waals surface area (Å²) in [7, 11) is 0. The highest BCUT2D eigenvalue weighted by atomic mass is 19.1. The number of likely N-dealkylation sites (tertiary alicyclic amines) is 1. The van der Waals surface area contributed by atoms with E-state index in [0.717, 1.165) is 12.3 Å². The Bertz CT molecular complexity index is 1170. The fourth-order valence-electron chi connectivity index (χ4n) is 3.81. The lowest BCUT2D eigenvalue weighted by atomic mass is 10.1. The van der Waals surface area contributed by atoms with Crippen LogP contribution < -0.4 is 10.2 Å². The van der Waals surface area contributed by atoms with Crippen LogP contribution in [0.25, 0.3) is 10.9 Å². The fraction of sp³-hybridized carbons (Fsp3) is 0.500. The van der Waals surface area contributed by atoms with Crippen LogP contribution in [-0.4, -0.2) is 51.4 Å². The van der Waals surface area contributed by atoms with Gasteiger partial charge < -0.3 is 24.0 Å². The number of hydrogen-bond donors (Lipinski definition) is 1. The van der Waals surface area contributed by atoms with Crippen molar-refractivity contribution in [3.05, 3.63) is 39.7 Å². The first-order valence-corrected chi connectivity index (χ1v) is 10.4. The van der Waals surface area contributed by atoms with Crippen molar-refractivity contribution in [1.82, 2.24) is 9.47 Å². The van der Waals surface area contributed by atoms with E-state index in [4.69, 9.17) is 9.47 Å². The maximum absolute atomic E-state index is 15.4. The Balaban J connectivity index is 1.67. The average molecular weight is 450 g/mol. The number of carbonyl (C=O) groups excluding carboxylic acids is 1. The lowest BCUT2D eigenvalue weighted by Gasteiger charge is -2.24. The minimum absolute atomic E-state index is 0.0964. The highest BCUT2D eigenvalue weighted by molar-refractivity contribution is 5.93. The molecule has 0 spiro atoms. The normalized spacial score (nSPS) is 18.8. The first-order chi connectivity index (χ1) is 15.0. The van der Waals surface area contributed by atoms with E-state index in [1.165, 1.54) is 9.47 Å². The molecule has 1 amide bonds. The highest BCUT2D eigenvalue weighted by Crippen LogP contribution is 2.39. The van der Waals surface area contributed by atoms with Gasteiger partial charge in [-0.2, -0.15) is 0 Å². The number of amides is 1. The van der Waals surface area contributed by atoms with Gasteiger partial charge in [-0.15, -0.1) is 0 Å². The van der Waals surface area contributed by atoms with Crippen molar-refractivity contribution in [2.24, 2.45) is 0 Å². The molecule has 1 saturated heterocycles. The van der Waals surface area contributed by atoms with Gasteiger partial charge >= 0.3 is 12.1 Å². The van der Waals surface area contributed by atoms with Gasteiger partial charge in [-0.3, -0.25) is 4.79 Å². The number of aromatic nitrogens is 1. The third kappa shape index (κ3) is 4.13.